The van der Waals surface area contributed by atoms with Crippen LogP contribution < -0.4 is 0 Å². The van der Waals surface area contributed by atoms with Crippen LogP contribution >= 0.6 is 0 Å². The number of aliphatic hydroxyl groups is 1. The quantitative estimate of drug-likeness (QED) is 0.688. The molecule has 3 unspecified atom stereocenters. The number of hydrogen-bond donors (Lipinski definition) is 1. The molecule has 3 heteroatoms. The summed E-state index contributed by atoms with van der Waals surface area (Å²) < 4.78 is 5.05. The molecule has 1 aliphatic carbocycles. The van der Waals surface area contributed by atoms with Crippen LogP contribution in [0.3, 0.4) is 0 Å². The highest BCUT2D eigenvalue weighted by Gasteiger charge is 2.41. The minimum atomic E-state index is -0.0301. The van der Waals surface area contributed by atoms with Gasteiger partial charge < -0.3 is 14.7 Å². The summed E-state index contributed by atoms with van der Waals surface area (Å²) in [5.74, 6) is 1.31. The first kappa shape index (κ1) is 9.44. The fourth-order valence-electron chi connectivity index (χ4n) is 2.73. The molecule has 76 valence electrons. The first-order valence-electron chi connectivity index (χ1n) is 5.20. The van der Waals surface area contributed by atoms with E-state index in [1.165, 1.54) is 13.0 Å². The van der Waals surface area contributed by atoms with Crippen LogP contribution in [0.5, 0.6) is 0 Å². The van der Waals surface area contributed by atoms with Crippen LogP contribution in [0, 0.1) is 11.8 Å². The number of rotatable bonds is 3. The SMILES string of the molecule is COCCN1CC2CCC(O)C2C1. The predicted octanol–water partition coefficient (Wildman–Crippen LogP) is 0.336. The molecule has 1 aliphatic heterocycles. The van der Waals surface area contributed by atoms with Crippen molar-refractivity contribution in [1.29, 1.82) is 0 Å². The number of methoxy groups -OCH3 is 1. The van der Waals surface area contributed by atoms with Crippen molar-refractivity contribution in [1.82, 2.24) is 4.90 Å². The Morgan fingerprint density at radius 1 is 1.38 bits per heavy atom. The summed E-state index contributed by atoms with van der Waals surface area (Å²) in [7, 11) is 1.74. The number of nitrogens with zero attached hydrogens (tertiary/aromatic N) is 1. The molecule has 2 fully saturated rings. The highest BCUT2D eigenvalue weighted by molar-refractivity contribution is 4.93. The number of hydrogen-bond acceptors (Lipinski definition) is 3. The highest BCUT2D eigenvalue weighted by Crippen LogP contribution is 2.37. The molecule has 0 aromatic rings. The molecule has 3 nitrogen and oxygen atoms in total. The summed E-state index contributed by atoms with van der Waals surface area (Å²) in [6, 6.07) is 0. The van der Waals surface area contributed by atoms with Crippen molar-refractivity contribution >= 4 is 0 Å². The monoisotopic (exact) mass is 185 g/mol. The predicted molar refractivity (Wildman–Crippen MR) is 50.5 cm³/mol. The van der Waals surface area contributed by atoms with Gasteiger partial charge in [0.05, 0.1) is 12.7 Å². The standard InChI is InChI=1S/C10H19NO2/c1-13-5-4-11-6-8-2-3-10(12)9(8)7-11/h8-10,12H,2-7H2,1H3. The van der Waals surface area contributed by atoms with Gasteiger partial charge in [-0.25, -0.2) is 0 Å². The molecule has 1 N–H and O–H groups in total. The summed E-state index contributed by atoms with van der Waals surface area (Å²) >= 11 is 0. The lowest BCUT2D eigenvalue weighted by molar-refractivity contribution is 0.116. The Bertz CT molecular complexity index is 174. The second-order valence-corrected chi connectivity index (χ2v) is 4.32. The number of aliphatic hydroxyl groups excluding tert-OH is 1. The Balaban J connectivity index is 1.81. The molecular formula is C10H19NO2. The molecule has 1 heterocycles. The van der Waals surface area contributed by atoms with Crippen molar-refractivity contribution < 1.29 is 9.84 Å². The van der Waals surface area contributed by atoms with Crippen molar-refractivity contribution in [2.24, 2.45) is 11.8 Å². The maximum absolute atomic E-state index is 9.68. The van der Waals surface area contributed by atoms with E-state index in [1.807, 2.05) is 0 Å². The molecule has 0 aromatic carbocycles. The van der Waals surface area contributed by atoms with E-state index < -0.39 is 0 Å². The summed E-state index contributed by atoms with van der Waals surface area (Å²) in [6.07, 6.45) is 2.21. The van der Waals surface area contributed by atoms with E-state index in [1.54, 1.807) is 7.11 Å². The molecule has 0 aromatic heterocycles. The topological polar surface area (TPSA) is 32.7 Å². The maximum atomic E-state index is 9.68. The summed E-state index contributed by atoms with van der Waals surface area (Å²) in [4.78, 5) is 2.42. The van der Waals surface area contributed by atoms with E-state index in [2.05, 4.69) is 4.90 Å². The lowest BCUT2D eigenvalue weighted by Gasteiger charge is -2.16. The number of likely N-dealkylation sites (tertiary alicyclic amines) is 1. The average Bonchev–Trinajstić information content (AvgIpc) is 2.65. The minimum absolute atomic E-state index is 0.0301. The van der Waals surface area contributed by atoms with Gasteiger partial charge in [0, 0.05) is 32.7 Å². The second-order valence-electron chi connectivity index (χ2n) is 4.32. The van der Waals surface area contributed by atoms with Gasteiger partial charge in [-0.1, -0.05) is 0 Å². The van der Waals surface area contributed by atoms with Crippen LogP contribution in [0.1, 0.15) is 12.8 Å². The fourth-order valence-corrected chi connectivity index (χ4v) is 2.73. The first-order chi connectivity index (χ1) is 6.31. The van der Waals surface area contributed by atoms with Gasteiger partial charge in [0.15, 0.2) is 0 Å². The van der Waals surface area contributed by atoms with Crippen LogP contribution in [-0.4, -0.2) is 49.5 Å². The molecule has 1 saturated carbocycles. The largest absolute Gasteiger partial charge is 0.393 e. The zero-order chi connectivity index (χ0) is 9.26. The Hall–Kier alpha value is -0.120. The van der Waals surface area contributed by atoms with Gasteiger partial charge in [-0.05, 0) is 18.8 Å². The van der Waals surface area contributed by atoms with Crippen molar-refractivity contribution in [3.05, 3.63) is 0 Å². The summed E-state index contributed by atoms with van der Waals surface area (Å²) in [5, 5.41) is 9.68. The smallest absolute Gasteiger partial charge is 0.0589 e. The van der Waals surface area contributed by atoms with Crippen molar-refractivity contribution in [3.8, 4) is 0 Å². The van der Waals surface area contributed by atoms with E-state index in [0.29, 0.717) is 5.92 Å². The maximum Gasteiger partial charge on any atom is 0.0589 e. The van der Waals surface area contributed by atoms with Crippen LogP contribution in [-0.2, 0) is 4.74 Å². The van der Waals surface area contributed by atoms with Gasteiger partial charge in [0.2, 0.25) is 0 Å². The molecular weight excluding hydrogens is 166 g/mol. The van der Waals surface area contributed by atoms with Crippen molar-refractivity contribution in [3.63, 3.8) is 0 Å². The third-order valence-electron chi connectivity index (χ3n) is 3.51. The first-order valence-corrected chi connectivity index (χ1v) is 5.20. The van der Waals surface area contributed by atoms with E-state index in [9.17, 15) is 5.11 Å². The van der Waals surface area contributed by atoms with Gasteiger partial charge in [-0.2, -0.15) is 0 Å². The average molecular weight is 185 g/mol. The molecule has 13 heavy (non-hydrogen) atoms. The number of fused-ring (bicyclic) bond motifs is 1. The second kappa shape index (κ2) is 3.95. The van der Waals surface area contributed by atoms with Crippen molar-refractivity contribution in [2.75, 3.05) is 33.4 Å². The van der Waals surface area contributed by atoms with E-state index in [-0.39, 0.29) is 6.10 Å². The van der Waals surface area contributed by atoms with E-state index >= 15 is 0 Å². The molecule has 0 bridgehead atoms. The van der Waals surface area contributed by atoms with Gasteiger partial charge >= 0.3 is 0 Å². The molecule has 0 radical (unpaired) electrons. The van der Waals surface area contributed by atoms with Crippen LogP contribution in [0.15, 0.2) is 0 Å². The highest BCUT2D eigenvalue weighted by atomic mass is 16.5. The van der Waals surface area contributed by atoms with Gasteiger partial charge in [-0.15, -0.1) is 0 Å². The zero-order valence-corrected chi connectivity index (χ0v) is 8.28. The minimum Gasteiger partial charge on any atom is -0.393 e. The third kappa shape index (κ3) is 1.87. The van der Waals surface area contributed by atoms with Crippen LogP contribution in [0.4, 0.5) is 0 Å². The van der Waals surface area contributed by atoms with Gasteiger partial charge in [-0.3, -0.25) is 0 Å². The fraction of sp³-hybridized carbons (Fsp3) is 1.00. The van der Waals surface area contributed by atoms with Crippen LogP contribution in [0.2, 0.25) is 0 Å². The van der Waals surface area contributed by atoms with E-state index in [0.717, 1.165) is 32.0 Å². The zero-order valence-electron chi connectivity index (χ0n) is 8.28. The molecule has 0 spiro atoms. The Morgan fingerprint density at radius 3 is 2.92 bits per heavy atom. The van der Waals surface area contributed by atoms with Crippen molar-refractivity contribution in [2.45, 2.75) is 18.9 Å². The Labute approximate surface area is 79.7 Å². The summed E-state index contributed by atoms with van der Waals surface area (Å²) in [5.41, 5.74) is 0. The van der Waals surface area contributed by atoms with E-state index in [4.69, 9.17) is 4.74 Å². The van der Waals surface area contributed by atoms with Gasteiger partial charge in [0.1, 0.15) is 0 Å². The Kier molecular flexibility index (Phi) is 2.86. The molecule has 2 aliphatic rings. The third-order valence-corrected chi connectivity index (χ3v) is 3.51. The van der Waals surface area contributed by atoms with Gasteiger partial charge in [0.25, 0.3) is 0 Å². The lowest BCUT2D eigenvalue weighted by atomic mass is 10.00. The summed E-state index contributed by atoms with van der Waals surface area (Å²) in [6.45, 7) is 4.09. The normalized spacial score (nSPS) is 39.7. The lowest BCUT2D eigenvalue weighted by Crippen LogP contribution is -2.27. The number of ether oxygens (including phenoxy) is 1. The molecule has 1 saturated heterocycles. The molecule has 3 atom stereocenters. The van der Waals surface area contributed by atoms with Crippen LogP contribution in [0.25, 0.3) is 0 Å². The Morgan fingerprint density at radius 2 is 2.23 bits per heavy atom. The molecule has 0 amide bonds. The molecule has 2 rings (SSSR count).